The first kappa shape index (κ1) is 17.4. The fraction of sp³-hybridized carbons (Fsp3) is 0.933. The van der Waals surface area contributed by atoms with E-state index in [1.165, 1.54) is 6.42 Å². The lowest BCUT2D eigenvalue weighted by atomic mass is 9.89. The molecular formula is C15H30N2O. The number of nitrogens with zero attached hydrogens (tertiary/aromatic N) is 1. The lowest BCUT2D eigenvalue weighted by Crippen LogP contribution is -2.18. The summed E-state index contributed by atoms with van der Waals surface area (Å²) in [6.07, 6.45) is 5.94. The first-order chi connectivity index (χ1) is 8.48. The van der Waals surface area contributed by atoms with Gasteiger partial charge in [0.25, 0.3) is 0 Å². The molecule has 0 unspecified atom stereocenters. The molecule has 0 bridgehead atoms. The molecule has 0 amide bonds. The highest BCUT2D eigenvalue weighted by Crippen LogP contribution is 2.21. The van der Waals surface area contributed by atoms with Gasteiger partial charge in [-0.15, -0.1) is 0 Å². The average Bonchev–Trinajstić information content (AvgIpc) is 2.31. The average molecular weight is 254 g/mol. The van der Waals surface area contributed by atoms with E-state index in [1.54, 1.807) is 0 Å². The third-order valence-electron chi connectivity index (χ3n) is 2.91. The number of nitriles is 1. The Balaban J connectivity index is 3.15. The topological polar surface area (TPSA) is 45.0 Å². The Bertz CT molecular complexity index is 231. The van der Waals surface area contributed by atoms with Crippen LogP contribution in [-0.4, -0.2) is 25.8 Å². The Hall–Kier alpha value is -0.590. The molecule has 0 radical (unpaired) electrons. The summed E-state index contributed by atoms with van der Waals surface area (Å²) in [4.78, 5) is 0. The molecule has 0 aromatic rings. The van der Waals surface area contributed by atoms with Gasteiger partial charge in [-0.05, 0) is 66.5 Å². The SMILES string of the molecule is CC(C)OCCCCNCCCCC(C)(C)C#N. The molecule has 0 aromatic carbocycles. The molecule has 0 rings (SSSR count). The van der Waals surface area contributed by atoms with E-state index in [4.69, 9.17) is 10.00 Å². The molecule has 0 aliphatic heterocycles. The number of nitrogens with one attached hydrogen (secondary N) is 1. The first-order valence-corrected chi connectivity index (χ1v) is 7.21. The third-order valence-corrected chi connectivity index (χ3v) is 2.91. The van der Waals surface area contributed by atoms with Crippen molar-refractivity contribution in [3.05, 3.63) is 0 Å². The summed E-state index contributed by atoms with van der Waals surface area (Å²) < 4.78 is 5.48. The van der Waals surface area contributed by atoms with Crippen molar-refractivity contribution in [2.24, 2.45) is 5.41 Å². The molecule has 0 aliphatic rings. The van der Waals surface area contributed by atoms with Gasteiger partial charge in [0.2, 0.25) is 0 Å². The number of ether oxygens (including phenoxy) is 1. The van der Waals surface area contributed by atoms with Crippen molar-refractivity contribution >= 4 is 0 Å². The van der Waals surface area contributed by atoms with Crippen LogP contribution in [0.4, 0.5) is 0 Å². The van der Waals surface area contributed by atoms with Crippen molar-refractivity contribution in [3.63, 3.8) is 0 Å². The van der Waals surface area contributed by atoms with Crippen molar-refractivity contribution in [1.82, 2.24) is 5.32 Å². The van der Waals surface area contributed by atoms with Crippen molar-refractivity contribution < 1.29 is 4.74 Å². The minimum absolute atomic E-state index is 0.159. The van der Waals surface area contributed by atoms with Gasteiger partial charge in [0.1, 0.15) is 0 Å². The lowest BCUT2D eigenvalue weighted by molar-refractivity contribution is 0.0760. The second-order valence-corrected chi connectivity index (χ2v) is 5.83. The number of unbranched alkanes of at least 4 members (excludes halogenated alkanes) is 2. The van der Waals surface area contributed by atoms with Crippen LogP contribution in [0.15, 0.2) is 0 Å². The third kappa shape index (κ3) is 11.9. The highest BCUT2D eigenvalue weighted by Gasteiger charge is 2.14. The van der Waals surface area contributed by atoms with E-state index in [-0.39, 0.29) is 5.41 Å². The summed E-state index contributed by atoms with van der Waals surface area (Å²) in [5.74, 6) is 0. The van der Waals surface area contributed by atoms with Crippen LogP contribution in [0.5, 0.6) is 0 Å². The van der Waals surface area contributed by atoms with Gasteiger partial charge < -0.3 is 10.1 Å². The zero-order chi connectivity index (χ0) is 13.9. The molecule has 1 N–H and O–H groups in total. The Morgan fingerprint density at radius 1 is 1.11 bits per heavy atom. The standard InChI is InChI=1S/C15H30N2O/c1-14(2)18-12-8-7-11-17-10-6-5-9-15(3,4)13-16/h14,17H,5-12H2,1-4H3. The van der Waals surface area contributed by atoms with Gasteiger partial charge in [0.05, 0.1) is 17.6 Å². The van der Waals surface area contributed by atoms with Crippen molar-refractivity contribution in [1.29, 1.82) is 5.26 Å². The van der Waals surface area contributed by atoms with Crippen LogP contribution >= 0.6 is 0 Å². The van der Waals surface area contributed by atoms with E-state index in [0.717, 1.165) is 45.4 Å². The summed E-state index contributed by atoms with van der Waals surface area (Å²) in [6.45, 7) is 11.2. The molecule has 106 valence electrons. The first-order valence-electron chi connectivity index (χ1n) is 7.21. The molecule has 3 nitrogen and oxygen atoms in total. The van der Waals surface area contributed by atoms with Crippen LogP contribution in [-0.2, 0) is 4.74 Å². The summed E-state index contributed by atoms with van der Waals surface area (Å²) in [5.41, 5.74) is -0.159. The second kappa shape index (κ2) is 10.3. The quantitative estimate of drug-likeness (QED) is 0.574. The van der Waals surface area contributed by atoms with Crippen LogP contribution < -0.4 is 5.32 Å². The highest BCUT2D eigenvalue weighted by atomic mass is 16.5. The zero-order valence-electron chi connectivity index (χ0n) is 12.6. The van der Waals surface area contributed by atoms with Crippen LogP contribution in [0.3, 0.4) is 0 Å². The summed E-state index contributed by atoms with van der Waals surface area (Å²) in [7, 11) is 0. The van der Waals surface area contributed by atoms with Gasteiger partial charge >= 0.3 is 0 Å². The molecule has 3 heteroatoms. The van der Waals surface area contributed by atoms with E-state index < -0.39 is 0 Å². The van der Waals surface area contributed by atoms with Crippen molar-refractivity contribution in [2.75, 3.05) is 19.7 Å². The smallest absolute Gasteiger partial charge is 0.0683 e. The molecule has 0 aliphatic carbocycles. The minimum atomic E-state index is -0.159. The van der Waals surface area contributed by atoms with E-state index in [1.807, 2.05) is 13.8 Å². The molecule has 0 spiro atoms. The molecule has 0 fully saturated rings. The molecule has 0 atom stereocenters. The van der Waals surface area contributed by atoms with E-state index in [9.17, 15) is 0 Å². The molecule has 18 heavy (non-hydrogen) atoms. The lowest BCUT2D eigenvalue weighted by Gasteiger charge is -2.14. The Kier molecular flexibility index (Phi) is 10.0. The van der Waals surface area contributed by atoms with E-state index in [2.05, 4.69) is 25.2 Å². The number of hydrogen-bond acceptors (Lipinski definition) is 3. The maximum absolute atomic E-state index is 8.88. The Labute approximate surface area is 113 Å². The Morgan fingerprint density at radius 3 is 2.28 bits per heavy atom. The van der Waals surface area contributed by atoms with Gasteiger partial charge in [-0.1, -0.05) is 6.42 Å². The van der Waals surface area contributed by atoms with Crippen LogP contribution in [0.25, 0.3) is 0 Å². The molecule has 0 saturated heterocycles. The molecule has 0 saturated carbocycles. The summed E-state index contributed by atoms with van der Waals surface area (Å²) in [6, 6.07) is 2.34. The minimum Gasteiger partial charge on any atom is -0.379 e. The predicted octanol–water partition coefficient (Wildman–Crippen LogP) is 3.50. The van der Waals surface area contributed by atoms with Crippen molar-refractivity contribution in [2.45, 2.75) is 65.9 Å². The molecular weight excluding hydrogens is 224 g/mol. The van der Waals surface area contributed by atoms with Crippen molar-refractivity contribution in [3.8, 4) is 6.07 Å². The van der Waals surface area contributed by atoms with E-state index >= 15 is 0 Å². The number of rotatable bonds is 11. The maximum atomic E-state index is 8.88. The summed E-state index contributed by atoms with van der Waals surface area (Å²) >= 11 is 0. The Morgan fingerprint density at radius 2 is 1.72 bits per heavy atom. The monoisotopic (exact) mass is 254 g/mol. The predicted molar refractivity (Wildman–Crippen MR) is 76.4 cm³/mol. The fourth-order valence-corrected chi connectivity index (χ4v) is 1.67. The van der Waals surface area contributed by atoms with Gasteiger partial charge in [0, 0.05) is 6.61 Å². The van der Waals surface area contributed by atoms with Crippen LogP contribution in [0.1, 0.15) is 59.8 Å². The molecule has 0 heterocycles. The number of hydrogen-bond donors (Lipinski definition) is 1. The summed E-state index contributed by atoms with van der Waals surface area (Å²) in [5, 5.41) is 12.3. The van der Waals surface area contributed by atoms with Gasteiger partial charge in [-0.25, -0.2) is 0 Å². The molecule has 0 aromatic heterocycles. The highest BCUT2D eigenvalue weighted by molar-refractivity contribution is 4.91. The van der Waals surface area contributed by atoms with Crippen LogP contribution in [0, 0.1) is 16.7 Å². The van der Waals surface area contributed by atoms with E-state index in [0.29, 0.717) is 6.10 Å². The van der Waals surface area contributed by atoms with Gasteiger partial charge in [-0.3, -0.25) is 0 Å². The largest absolute Gasteiger partial charge is 0.379 e. The maximum Gasteiger partial charge on any atom is 0.0683 e. The zero-order valence-corrected chi connectivity index (χ0v) is 12.6. The normalized spacial score (nSPS) is 11.8. The fourth-order valence-electron chi connectivity index (χ4n) is 1.67. The second-order valence-electron chi connectivity index (χ2n) is 5.83. The van der Waals surface area contributed by atoms with Crippen LogP contribution in [0.2, 0.25) is 0 Å². The van der Waals surface area contributed by atoms with Gasteiger partial charge in [-0.2, -0.15) is 5.26 Å². The van der Waals surface area contributed by atoms with Gasteiger partial charge in [0.15, 0.2) is 0 Å².